The van der Waals surface area contributed by atoms with E-state index in [1.165, 1.54) is 23.9 Å². The highest BCUT2D eigenvalue weighted by Gasteiger charge is 2.21. The molecule has 1 aliphatic rings. The van der Waals surface area contributed by atoms with Crippen molar-refractivity contribution >= 4 is 30.1 Å². The van der Waals surface area contributed by atoms with Crippen LogP contribution in [0.1, 0.15) is 17.2 Å². The van der Waals surface area contributed by atoms with Gasteiger partial charge in [-0.15, -0.1) is 24.2 Å². The summed E-state index contributed by atoms with van der Waals surface area (Å²) in [5.74, 6) is -0.274. The van der Waals surface area contributed by atoms with E-state index in [-0.39, 0.29) is 29.4 Å². The molecular weight excluding hydrogens is 397 g/mol. The molecular formula is C21H27ClFN3OS. The van der Waals surface area contributed by atoms with Gasteiger partial charge in [0.25, 0.3) is 0 Å². The topological polar surface area (TPSA) is 44.4 Å². The summed E-state index contributed by atoms with van der Waals surface area (Å²) in [6, 6.07) is 16.0. The fraction of sp³-hybridized carbons (Fsp3) is 0.381. The summed E-state index contributed by atoms with van der Waals surface area (Å²) >= 11 is 1.45. The maximum atomic E-state index is 13.2. The van der Waals surface area contributed by atoms with Crippen molar-refractivity contribution < 1.29 is 9.18 Å². The van der Waals surface area contributed by atoms with Crippen molar-refractivity contribution in [2.24, 2.45) is 0 Å². The Hall–Kier alpha value is -1.60. The first-order chi connectivity index (χ1) is 13.2. The number of rotatable bonds is 8. The van der Waals surface area contributed by atoms with Gasteiger partial charge < -0.3 is 15.5 Å². The highest BCUT2D eigenvalue weighted by Crippen LogP contribution is 2.35. The fourth-order valence-electron chi connectivity index (χ4n) is 3.09. The van der Waals surface area contributed by atoms with E-state index in [1.54, 1.807) is 12.1 Å². The van der Waals surface area contributed by atoms with Gasteiger partial charge in [-0.2, -0.15) is 0 Å². The SMILES string of the molecule is Cl.O=C(NCCCN1CCNCC1)C(Sc1ccc(F)cc1)c1ccccc1. The number of hydrogen-bond donors (Lipinski definition) is 2. The fourth-order valence-corrected chi connectivity index (χ4v) is 4.14. The molecule has 7 heteroatoms. The van der Waals surface area contributed by atoms with E-state index in [0.717, 1.165) is 49.6 Å². The van der Waals surface area contributed by atoms with Crippen molar-refractivity contribution in [3.05, 3.63) is 66.0 Å². The van der Waals surface area contributed by atoms with Crippen molar-refractivity contribution in [2.45, 2.75) is 16.6 Å². The molecule has 0 aromatic heterocycles. The molecule has 2 aromatic rings. The van der Waals surface area contributed by atoms with E-state index in [9.17, 15) is 9.18 Å². The van der Waals surface area contributed by atoms with Crippen LogP contribution in [0, 0.1) is 5.82 Å². The van der Waals surface area contributed by atoms with Crippen LogP contribution in [-0.2, 0) is 4.79 Å². The van der Waals surface area contributed by atoms with Crippen molar-refractivity contribution in [1.29, 1.82) is 0 Å². The minimum Gasteiger partial charge on any atom is -0.355 e. The Labute approximate surface area is 176 Å². The van der Waals surface area contributed by atoms with Crippen LogP contribution in [0.3, 0.4) is 0 Å². The van der Waals surface area contributed by atoms with Gasteiger partial charge in [0.2, 0.25) is 5.91 Å². The lowest BCUT2D eigenvalue weighted by atomic mass is 10.1. The number of halogens is 2. The summed E-state index contributed by atoms with van der Waals surface area (Å²) in [5, 5.41) is 6.07. The second kappa shape index (κ2) is 12.1. The molecule has 1 amide bonds. The third kappa shape index (κ3) is 7.09. The van der Waals surface area contributed by atoms with E-state index in [4.69, 9.17) is 0 Å². The Morgan fingerprint density at radius 3 is 2.46 bits per heavy atom. The van der Waals surface area contributed by atoms with Crippen LogP contribution in [0.15, 0.2) is 59.5 Å². The highest BCUT2D eigenvalue weighted by molar-refractivity contribution is 8.00. The Morgan fingerprint density at radius 2 is 1.79 bits per heavy atom. The van der Waals surface area contributed by atoms with Crippen LogP contribution >= 0.6 is 24.2 Å². The zero-order valence-corrected chi connectivity index (χ0v) is 17.4. The number of benzene rings is 2. The average Bonchev–Trinajstić information content (AvgIpc) is 2.72. The van der Waals surface area contributed by atoms with Crippen molar-refractivity contribution in [3.63, 3.8) is 0 Å². The second-order valence-corrected chi connectivity index (χ2v) is 7.78. The predicted molar refractivity (Wildman–Crippen MR) is 116 cm³/mol. The molecule has 152 valence electrons. The summed E-state index contributed by atoms with van der Waals surface area (Å²) in [7, 11) is 0. The van der Waals surface area contributed by atoms with Gasteiger partial charge in [0.1, 0.15) is 11.1 Å². The van der Waals surface area contributed by atoms with Gasteiger partial charge in [-0.3, -0.25) is 4.79 Å². The zero-order chi connectivity index (χ0) is 18.9. The van der Waals surface area contributed by atoms with E-state index in [2.05, 4.69) is 15.5 Å². The van der Waals surface area contributed by atoms with Gasteiger partial charge in [-0.25, -0.2) is 4.39 Å². The number of piperazine rings is 1. The lowest BCUT2D eigenvalue weighted by molar-refractivity contribution is -0.120. The first-order valence-corrected chi connectivity index (χ1v) is 10.3. The molecule has 0 bridgehead atoms. The number of hydrogen-bond acceptors (Lipinski definition) is 4. The summed E-state index contributed by atoms with van der Waals surface area (Å²) in [4.78, 5) is 16.1. The molecule has 2 aromatic carbocycles. The van der Waals surface area contributed by atoms with Crippen LogP contribution in [0.25, 0.3) is 0 Å². The molecule has 1 aliphatic heterocycles. The van der Waals surface area contributed by atoms with Crippen LogP contribution in [0.2, 0.25) is 0 Å². The Balaban J connectivity index is 0.00000280. The molecule has 1 heterocycles. The van der Waals surface area contributed by atoms with Crippen LogP contribution in [-0.4, -0.2) is 50.1 Å². The molecule has 0 saturated carbocycles. The largest absolute Gasteiger partial charge is 0.355 e. The molecule has 0 spiro atoms. The molecule has 28 heavy (non-hydrogen) atoms. The molecule has 1 fully saturated rings. The van der Waals surface area contributed by atoms with Gasteiger partial charge in [0.05, 0.1) is 0 Å². The van der Waals surface area contributed by atoms with E-state index < -0.39 is 0 Å². The smallest absolute Gasteiger partial charge is 0.237 e. The predicted octanol–water partition coefficient (Wildman–Crippen LogP) is 3.49. The Morgan fingerprint density at radius 1 is 1.11 bits per heavy atom. The summed E-state index contributed by atoms with van der Waals surface area (Å²) in [5.41, 5.74) is 0.950. The zero-order valence-electron chi connectivity index (χ0n) is 15.8. The number of carbonyl (C=O) groups excluding carboxylic acids is 1. The van der Waals surface area contributed by atoms with Crippen molar-refractivity contribution in [2.75, 3.05) is 39.3 Å². The summed E-state index contributed by atoms with van der Waals surface area (Å²) in [6.45, 7) is 5.88. The van der Waals surface area contributed by atoms with E-state index in [1.807, 2.05) is 30.3 Å². The maximum absolute atomic E-state index is 13.2. The standard InChI is InChI=1S/C21H26FN3OS.ClH/c22-18-7-9-19(10-8-18)27-20(17-5-2-1-3-6-17)21(26)24-11-4-14-25-15-12-23-13-16-25;/h1-3,5-10,20,23H,4,11-16H2,(H,24,26);1H. The summed E-state index contributed by atoms with van der Waals surface area (Å²) in [6.07, 6.45) is 0.939. The number of thioether (sulfide) groups is 1. The average molecular weight is 424 g/mol. The number of nitrogens with zero attached hydrogens (tertiary/aromatic N) is 1. The third-order valence-electron chi connectivity index (χ3n) is 4.57. The monoisotopic (exact) mass is 423 g/mol. The molecule has 1 unspecified atom stereocenters. The molecule has 4 nitrogen and oxygen atoms in total. The minimum atomic E-state index is -0.351. The van der Waals surface area contributed by atoms with Gasteiger partial charge in [-0.05, 0) is 42.8 Å². The highest BCUT2D eigenvalue weighted by atomic mass is 35.5. The van der Waals surface area contributed by atoms with Crippen LogP contribution < -0.4 is 10.6 Å². The molecule has 2 N–H and O–H groups in total. The second-order valence-electron chi connectivity index (χ2n) is 6.60. The van der Waals surface area contributed by atoms with Gasteiger partial charge in [-0.1, -0.05) is 30.3 Å². The molecule has 0 radical (unpaired) electrons. The molecule has 3 rings (SSSR count). The minimum absolute atomic E-state index is 0. The lowest BCUT2D eigenvalue weighted by Gasteiger charge is -2.27. The number of carbonyl (C=O) groups is 1. The van der Waals surface area contributed by atoms with Gasteiger partial charge >= 0.3 is 0 Å². The van der Waals surface area contributed by atoms with E-state index in [0.29, 0.717) is 6.54 Å². The molecule has 0 aliphatic carbocycles. The third-order valence-corrected chi connectivity index (χ3v) is 5.83. The van der Waals surface area contributed by atoms with E-state index >= 15 is 0 Å². The normalized spacial score (nSPS) is 15.5. The summed E-state index contributed by atoms with van der Waals surface area (Å²) < 4.78 is 13.2. The molecule has 1 atom stereocenters. The lowest BCUT2D eigenvalue weighted by Crippen LogP contribution is -2.44. The van der Waals surface area contributed by atoms with Crippen LogP contribution in [0.5, 0.6) is 0 Å². The maximum Gasteiger partial charge on any atom is 0.237 e. The van der Waals surface area contributed by atoms with Crippen molar-refractivity contribution in [1.82, 2.24) is 15.5 Å². The first-order valence-electron chi connectivity index (χ1n) is 9.40. The first kappa shape index (κ1) is 22.7. The quantitative estimate of drug-likeness (QED) is 0.504. The van der Waals surface area contributed by atoms with Crippen molar-refractivity contribution in [3.8, 4) is 0 Å². The molecule has 1 saturated heterocycles. The Kier molecular flexibility index (Phi) is 9.78. The number of nitrogens with one attached hydrogen (secondary N) is 2. The Bertz CT molecular complexity index is 711. The van der Waals surface area contributed by atoms with Gasteiger partial charge in [0, 0.05) is 37.6 Å². The number of amides is 1. The van der Waals surface area contributed by atoms with Gasteiger partial charge in [0.15, 0.2) is 0 Å². The van der Waals surface area contributed by atoms with Crippen LogP contribution in [0.4, 0.5) is 4.39 Å².